The van der Waals surface area contributed by atoms with Gasteiger partial charge in [-0.05, 0) is 49.9 Å². The molecule has 2 N–H and O–H groups in total. The van der Waals surface area contributed by atoms with Gasteiger partial charge in [0.25, 0.3) is 5.91 Å². The lowest BCUT2D eigenvalue weighted by molar-refractivity contribution is -0.153. The number of rotatable bonds is 12. The molecule has 3 aromatic rings. The number of nitrogens with one attached hydrogen (secondary N) is 1. The summed E-state index contributed by atoms with van der Waals surface area (Å²) in [5.41, 5.74) is -0.449. The van der Waals surface area contributed by atoms with Crippen LogP contribution in [0.2, 0.25) is 0 Å². The number of carbonyl (C=O) groups excluding carboxylic acids is 3. The average molecular weight is 643 g/mol. The average Bonchev–Trinajstić information content (AvgIpc) is 3.35. The molecule has 250 valence electrons. The first-order valence-corrected chi connectivity index (χ1v) is 15.1. The third kappa shape index (κ3) is 10.4. The SMILES string of the molecule is CC(=O)OCC(=O)N(CC(CO)CNC(=O)OC(C)(C)C)[C@@H](c1nc(-c2cc(F)ccc2F)cn1Cc1ccccc1)C(C)(C)C. The van der Waals surface area contributed by atoms with Gasteiger partial charge in [0.1, 0.15) is 23.1 Å². The van der Waals surface area contributed by atoms with E-state index in [0.29, 0.717) is 12.4 Å². The monoisotopic (exact) mass is 642 g/mol. The predicted molar refractivity (Wildman–Crippen MR) is 168 cm³/mol. The van der Waals surface area contributed by atoms with Crippen molar-refractivity contribution in [2.24, 2.45) is 11.3 Å². The van der Waals surface area contributed by atoms with E-state index in [2.05, 4.69) is 5.32 Å². The van der Waals surface area contributed by atoms with Crippen LogP contribution in [0.4, 0.5) is 13.6 Å². The van der Waals surface area contributed by atoms with Crippen molar-refractivity contribution in [3.63, 3.8) is 0 Å². The fourth-order valence-corrected chi connectivity index (χ4v) is 4.98. The molecule has 0 aliphatic rings. The second kappa shape index (κ2) is 15.3. The van der Waals surface area contributed by atoms with Gasteiger partial charge in [-0.2, -0.15) is 0 Å². The Morgan fingerprint density at radius 1 is 1.04 bits per heavy atom. The van der Waals surface area contributed by atoms with E-state index >= 15 is 0 Å². The van der Waals surface area contributed by atoms with Crippen LogP contribution in [0.3, 0.4) is 0 Å². The minimum atomic E-state index is -0.819. The van der Waals surface area contributed by atoms with Gasteiger partial charge in [-0.3, -0.25) is 9.59 Å². The first-order valence-electron chi connectivity index (χ1n) is 15.1. The van der Waals surface area contributed by atoms with E-state index in [-0.39, 0.29) is 24.3 Å². The third-order valence-electron chi connectivity index (χ3n) is 6.95. The van der Waals surface area contributed by atoms with E-state index in [1.165, 1.54) is 11.8 Å². The van der Waals surface area contributed by atoms with E-state index in [4.69, 9.17) is 14.5 Å². The summed E-state index contributed by atoms with van der Waals surface area (Å²) >= 11 is 0. The lowest BCUT2D eigenvalue weighted by atomic mass is 9.84. The Hall–Kier alpha value is -4.32. The molecule has 0 aliphatic heterocycles. The topological polar surface area (TPSA) is 123 Å². The van der Waals surface area contributed by atoms with Crippen molar-refractivity contribution in [2.45, 2.75) is 66.7 Å². The first-order chi connectivity index (χ1) is 21.5. The number of alkyl carbamates (subject to hydrolysis) is 1. The molecule has 0 aliphatic carbocycles. The molecule has 0 saturated carbocycles. The predicted octanol–water partition coefficient (Wildman–Crippen LogP) is 5.49. The summed E-state index contributed by atoms with van der Waals surface area (Å²) in [5.74, 6) is -2.82. The number of aromatic nitrogens is 2. The van der Waals surface area contributed by atoms with E-state index in [9.17, 15) is 28.3 Å². The highest BCUT2D eigenvalue weighted by atomic mass is 19.1. The van der Waals surface area contributed by atoms with Gasteiger partial charge in [0.05, 0.1) is 11.7 Å². The molecule has 0 radical (unpaired) electrons. The molecule has 1 heterocycles. The van der Waals surface area contributed by atoms with Crippen molar-refractivity contribution >= 4 is 18.0 Å². The maximum Gasteiger partial charge on any atom is 0.407 e. The number of imidazole rings is 1. The number of nitrogens with zero attached hydrogens (tertiary/aromatic N) is 3. The number of esters is 1. The summed E-state index contributed by atoms with van der Waals surface area (Å²) in [7, 11) is 0. The maximum atomic E-state index is 15.0. The molecule has 3 rings (SSSR count). The zero-order chi connectivity index (χ0) is 34.2. The van der Waals surface area contributed by atoms with Crippen molar-refractivity contribution in [2.75, 3.05) is 26.3 Å². The molecule has 1 unspecified atom stereocenters. The maximum absolute atomic E-state index is 15.0. The summed E-state index contributed by atoms with van der Waals surface area (Å²) in [6.45, 7) is 11.2. The minimum Gasteiger partial charge on any atom is -0.456 e. The summed E-state index contributed by atoms with van der Waals surface area (Å²) < 4.78 is 41.4. The largest absolute Gasteiger partial charge is 0.456 e. The highest BCUT2D eigenvalue weighted by Crippen LogP contribution is 2.40. The molecule has 0 saturated heterocycles. The zero-order valence-corrected chi connectivity index (χ0v) is 27.5. The number of halogens is 2. The summed E-state index contributed by atoms with van der Waals surface area (Å²) in [5, 5.41) is 13.0. The van der Waals surface area contributed by atoms with Gasteiger partial charge in [0.2, 0.25) is 0 Å². The van der Waals surface area contributed by atoms with Gasteiger partial charge < -0.3 is 29.4 Å². The van der Waals surface area contributed by atoms with E-state index in [0.717, 1.165) is 23.8 Å². The highest BCUT2D eigenvalue weighted by molar-refractivity contribution is 5.80. The standard InChI is InChI=1S/C34H44F2N4O6/c1-22(42)45-21-29(43)40(18-24(20-41)16-37-32(44)46-34(5,6)7)30(33(2,3)4)31-38-28(26-15-25(35)13-14-27(26)36)19-39(31)17-23-11-9-8-10-12-23/h8-15,19,24,30,41H,16-18,20-21H2,1-7H3,(H,37,44)/t24?,30-/m0/s1. The van der Waals surface area contributed by atoms with Crippen LogP contribution in [0.5, 0.6) is 0 Å². The van der Waals surface area contributed by atoms with E-state index in [1.54, 1.807) is 31.5 Å². The van der Waals surface area contributed by atoms with Crippen molar-refractivity contribution in [1.82, 2.24) is 19.8 Å². The van der Waals surface area contributed by atoms with Gasteiger partial charge in [-0.25, -0.2) is 18.6 Å². The molecule has 0 spiro atoms. The van der Waals surface area contributed by atoms with Gasteiger partial charge in [0, 0.05) is 50.8 Å². The molecule has 2 amide bonds. The number of ether oxygens (including phenoxy) is 2. The van der Waals surface area contributed by atoms with Gasteiger partial charge in [0.15, 0.2) is 6.61 Å². The Kier molecular flexibility index (Phi) is 12.0. The highest BCUT2D eigenvalue weighted by Gasteiger charge is 2.40. The summed E-state index contributed by atoms with van der Waals surface area (Å²) in [4.78, 5) is 44.1. The molecule has 1 aromatic heterocycles. The lowest BCUT2D eigenvalue weighted by Gasteiger charge is -2.41. The number of carbonyl (C=O) groups is 3. The third-order valence-corrected chi connectivity index (χ3v) is 6.95. The Balaban J connectivity index is 2.14. The van der Waals surface area contributed by atoms with Gasteiger partial charge >= 0.3 is 12.1 Å². The van der Waals surface area contributed by atoms with E-state index in [1.807, 2.05) is 51.1 Å². The fourth-order valence-electron chi connectivity index (χ4n) is 4.98. The smallest absolute Gasteiger partial charge is 0.407 e. The first kappa shape index (κ1) is 36.2. The van der Waals surface area contributed by atoms with Crippen LogP contribution in [-0.2, 0) is 25.6 Å². The molecular weight excluding hydrogens is 598 g/mol. The number of hydrogen-bond acceptors (Lipinski definition) is 7. The number of aliphatic hydroxyl groups excluding tert-OH is 1. The van der Waals surface area contributed by atoms with Crippen LogP contribution in [0.25, 0.3) is 11.3 Å². The molecule has 46 heavy (non-hydrogen) atoms. The van der Waals surface area contributed by atoms with Crippen molar-refractivity contribution in [1.29, 1.82) is 0 Å². The number of amides is 2. The number of hydrogen-bond donors (Lipinski definition) is 2. The molecule has 0 bridgehead atoms. The zero-order valence-electron chi connectivity index (χ0n) is 27.5. The quantitative estimate of drug-likeness (QED) is 0.251. The molecule has 12 heteroatoms. The molecule has 2 aromatic carbocycles. The fraction of sp³-hybridized carbons (Fsp3) is 0.471. The second-order valence-electron chi connectivity index (χ2n) is 13.2. The van der Waals surface area contributed by atoms with Crippen LogP contribution in [0.15, 0.2) is 54.7 Å². The van der Waals surface area contributed by atoms with E-state index < -0.39 is 65.8 Å². The van der Waals surface area contributed by atoms with Crippen LogP contribution >= 0.6 is 0 Å². The van der Waals surface area contributed by atoms with Crippen LogP contribution in [-0.4, -0.2) is 69.4 Å². The molecular formula is C34H44F2N4O6. The minimum absolute atomic E-state index is 0.0299. The van der Waals surface area contributed by atoms with Crippen LogP contribution in [0, 0.1) is 23.0 Å². The normalized spacial score (nSPS) is 13.1. The Labute approximate surface area is 268 Å². The van der Waals surface area contributed by atoms with Crippen molar-refractivity contribution < 1.29 is 37.7 Å². The molecule has 10 nitrogen and oxygen atoms in total. The molecule has 2 atom stereocenters. The van der Waals surface area contributed by atoms with Crippen LogP contribution in [0.1, 0.15) is 65.9 Å². The van der Waals surface area contributed by atoms with Crippen LogP contribution < -0.4 is 5.32 Å². The molecule has 0 fully saturated rings. The Morgan fingerprint density at radius 2 is 1.72 bits per heavy atom. The van der Waals surface area contributed by atoms with Gasteiger partial charge in [-0.15, -0.1) is 0 Å². The van der Waals surface area contributed by atoms with Gasteiger partial charge in [-0.1, -0.05) is 51.1 Å². The number of aliphatic hydroxyl groups is 1. The summed E-state index contributed by atoms with van der Waals surface area (Å²) in [6.07, 6.45) is 0.928. The lowest BCUT2D eigenvalue weighted by Crippen LogP contribution is -2.48. The van der Waals surface area contributed by atoms with Crippen molar-refractivity contribution in [3.05, 3.63) is 77.8 Å². The summed E-state index contributed by atoms with van der Waals surface area (Å²) in [6, 6.07) is 11.7. The Morgan fingerprint density at radius 3 is 2.30 bits per heavy atom. The number of benzene rings is 2. The second-order valence-corrected chi connectivity index (χ2v) is 13.2. The Bertz CT molecular complexity index is 1500. The van der Waals surface area contributed by atoms with Crippen molar-refractivity contribution in [3.8, 4) is 11.3 Å².